The van der Waals surface area contributed by atoms with Crippen molar-refractivity contribution < 1.29 is 19.2 Å². The molecule has 9 nitrogen and oxygen atoms in total. The summed E-state index contributed by atoms with van der Waals surface area (Å²) in [6.07, 6.45) is 1.82. The van der Waals surface area contributed by atoms with E-state index < -0.39 is 23.9 Å². The van der Waals surface area contributed by atoms with Gasteiger partial charge in [-0.2, -0.15) is 0 Å². The molecule has 0 saturated carbocycles. The molecule has 9 heteroatoms. The van der Waals surface area contributed by atoms with E-state index in [9.17, 15) is 19.2 Å². The van der Waals surface area contributed by atoms with Crippen molar-refractivity contribution in [3.05, 3.63) is 12.3 Å². The summed E-state index contributed by atoms with van der Waals surface area (Å²) < 4.78 is 0. The fraction of sp³-hybridized carbons (Fsp3) is 0.700. The Bertz CT molecular complexity index is 539. The summed E-state index contributed by atoms with van der Waals surface area (Å²) in [7, 11) is 3.75. The zero-order valence-corrected chi connectivity index (χ0v) is 18.7. The predicted molar refractivity (Wildman–Crippen MR) is 115 cm³/mol. The van der Waals surface area contributed by atoms with Gasteiger partial charge in [-0.1, -0.05) is 27.4 Å². The van der Waals surface area contributed by atoms with Crippen LogP contribution in [0.4, 0.5) is 0 Å². The highest BCUT2D eigenvalue weighted by Gasteiger charge is 2.36. The Kier molecular flexibility index (Phi) is 16.4. The van der Waals surface area contributed by atoms with Gasteiger partial charge in [0.2, 0.25) is 17.7 Å². The maximum Gasteiger partial charge on any atom is 0.243 e. The first-order chi connectivity index (χ1) is 13.7. The van der Waals surface area contributed by atoms with Crippen molar-refractivity contribution in [3.8, 4) is 0 Å². The Labute approximate surface area is 174 Å². The number of allylic oxidation sites excluding steroid dienone is 1. The monoisotopic (exact) mass is 413 g/mol. The van der Waals surface area contributed by atoms with Crippen LogP contribution in [0.1, 0.15) is 47.0 Å². The second kappa shape index (κ2) is 16.5. The maximum absolute atomic E-state index is 12.4. The molecule has 0 spiro atoms. The minimum absolute atomic E-state index is 0.0524. The second-order valence-corrected chi connectivity index (χ2v) is 6.67. The fourth-order valence-corrected chi connectivity index (χ4v) is 2.67. The SMILES string of the molecule is C=C(C)NCC(C=O)NC(=O)C1CCCN1C(=O)C(C)CC(N)=O.CC.CNC. The van der Waals surface area contributed by atoms with Gasteiger partial charge in [-0.15, -0.1) is 0 Å². The van der Waals surface area contributed by atoms with Gasteiger partial charge in [-0.05, 0) is 33.9 Å². The van der Waals surface area contributed by atoms with Gasteiger partial charge in [-0.25, -0.2) is 0 Å². The highest BCUT2D eigenvalue weighted by molar-refractivity contribution is 5.91. The number of carbonyl (C=O) groups excluding carboxylic acids is 4. The van der Waals surface area contributed by atoms with Gasteiger partial charge < -0.3 is 31.4 Å². The number of hydrogen-bond donors (Lipinski definition) is 4. The van der Waals surface area contributed by atoms with Crippen molar-refractivity contribution in [1.82, 2.24) is 20.9 Å². The quantitative estimate of drug-likeness (QED) is 0.398. The molecular formula is C20H39N5O4. The minimum atomic E-state index is -0.699. The molecule has 29 heavy (non-hydrogen) atoms. The number of likely N-dealkylation sites (tertiary alicyclic amines) is 1. The van der Waals surface area contributed by atoms with Crippen molar-refractivity contribution in [2.45, 2.75) is 59.0 Å². The van der Waals surface area contributed by atoms with Crippen LogP contribution >= 0.6 is 0 Å². The first-order valence-corrected chi connectivity index (χ1v) is 10.00. The van der Waals surface area contributed by atoms with Gasteiger partial charge in [-0.3, -0.25) is 14.4 Å². The molecule has 0 aromatic rings. The predicted octanol–water partition coefficient (Wildman–Crippen LogP) is 0.158. The van der Waals surface area contributed by atoms with Crippen LogP contribution in [0.25, 0.3) is 0 Å². The number of nitrogens with two attached hydrogens (primary N) is 1. The van der Waals surface area contributed by atoms with Gasteiger partial charge in [0.15, 0.2) is 0 Å². The maximum atomic E-state index is 12.4. The lowest BCUT2D eigenvalue weighted by atomic mass is 10.1. The highest BCUT2D eigenvalue weighted by atomic mass is 16.2. The van der Waals surface area contributed by atoms with E-state index in [2.05, 4.69) is 22.5 Å². The number of rotatable bonds is 9. The van der Waals surface area contributed by atoms with Crippen LogP contribution in [0.15, 0.2) is 12.3 Å². The van der Waals surface area contributed by atoms with Crippen molar-refractivity contribution in [2.75, 3.05) is 27.2 Å². The van der Waals surface area contributed by atoms with Crippen LogP contribution < -0.4 is 21.7 Å². The molecule has 1 heterocycles. The van der Waals surface area contributed by atoms with Crippen LogP contribution in [0.3, 0.4) is 0 Å². The second-order valence-electron chi connectivity index (χ2n) is 6.67. The molecule has 0 aliphatic carbocycles. The molecule has 1 aliphatic rings. The summed E-state index contributed by atoms with van der Waals surface area (Å²) in [6, 6.07) is -1.32. The number of aldehydes is 1. The number of hydrogen-bond acceptors (Lipinski definition) is 6. The molecule has 1 aliphatic heterocycles. The van der Waals surface area contributed by atoms with Crippen molar-refractivity contribution in [2.24, 2.45) is 11.7 Å². The molecule has 1 saturated heterocycles. The first-order valence-electron chi connectivity index (χ1n) is 10.00. The van der Waals surface area contributed by atoms with E-state index in [1.54, 1.807) is 13.8 Å². The third kappa shape index (κ3) is 11.9. The van der Waals surface area contributed by atoms with E-state index >= 15 is 0 Å². The van der Waals surface area contributed by atoms with E-state index in [1.807, 2.05) is 27.9 Å². The minimum Gasteiger partial charge on any atom is -0.387 e. The van der Waals surface area contributed by atoms with Crippen LogP contribution in [-0.4, -0.2) is 68.2 Å². The zero-order chi connectivity index (χ0) is 23.0. The summed E-state index contributed by atoms with van der Waals surface area (Å²) in [6.45, 7) is 11.7. The van der Waals surface area contributed by atoms with Gasteiger partial charge in [0.1, 0.15) is 18.4 Å². The number of amides is 3. The van der Waals surface area contributed by atoms with Gasteiger partial charge in [0.25, 0.3) is 0 Å². The molecule has 1 fully saturated rings. The summed E-state index contributed by atoms with van der Waals surface area (Å²) in [5.74, 6) is -1.76. The molecule has 3 unspecified atom stereocenters. The van der Waals surface area contributed by atoms with E-state index in [4.69, 9.17) is 5.73 Å². The topological polar surface area (TPSA) is 134 Å². The zero-order valence-electron chi connectivity index (χ0n) is 18.7. The number of nitrogens with one attached hydrogen (secondary N) is 3. The van der Waals surface area contributed by atoms with Crippen LogP contribution in [0.2, 0.25) is 0 Å². The summed E-state index contributed by atoms with van der Waals surface area (Å²) in [5, 5.41) is 8.28. The largest absolute Gasteiger partial charge is 0.387 e. The molecular weight excluding hydrogens is 374 g/mol. The summed E-state index contributed by atoms with van der Waals surface area (Å²) >= 11 is 0. The number of primary amides is 1. The lowest BCUT2D eigenvalue weighted by Gasteiger charge is -2.27. The first kappa shape index (κ1) is 28.8. The van der Waals surface area contributed by atoms with E-state index in [0.29, 0.717) is 31.4 Å². The van der Waals surface area contributed by atoms with Crippen molar-refractivity contribution >= 4 is 24.0 Å². The average molecular weight is 414 g/mol. The van der Waals surface area contributed by atoms with Gasteiger partial charge in [0.05, 0.1) is 0 Å². The summed E-state index contributed by atoms with van der Waals surface area (Å²) in [5.41, 5.74) is 5.81. The number of carbonyl (C=O) groups is 4. The molecule has 5 N–H and O–H groups in total. The molecule has 168 valence electrons. The molecule has 0 radical (unpaired) electrons. The van der Waals surface area contributed by atoms with Crippen molar-refractivity contribution in [3.63, 3.8) is 0 Å². The van der Waals surface area contributed by atoms with Gasteiger partial charge in [0, 0.05) is 31.1 Å². The van der Waals surface area contributed by atoms with Gasteiger partial charge >= 0.3 is 0 Å². The van der Waals surface area contributed by atoms with E-state index in [0.717, 1.165) is 0 Å². The lowest BCUT2D eigenvalue weighted by Crippen LogP contribution is -2.52. The smallest absolute Gasteiger partial charge is 0.243 e. The molecule has 3 atom stereocenters. The number of nitrogens with zero attached hydrogens (tertiary/aromatic N) is 1. The van der Waals surface area contributed by atoms with Crippen LogP contribution in [0.5, 0.6) is 0 Å². The van der Waals surface area contributed by atoms with E-state index in [1.165, 1.54) is 4.90 Å². The molecule has 0 bridgehead atoms. The highest BCUT2D eigenvalue weighted by Crippen LogP contribution is 2.21. The summed E-state index contributed by atoms with van der Waals surface area (Å²) in [4.78, 5) is 48.4. The Hall–Kier alpha value is -2.42. The third-order valence-corrected chi connectivity index (χ3v) is 3.88. The third-order valence-electron chi connectivity index (χ3n) is 3.88. The lowest BCUT2D eigenvalue weighted by molar-refractivity contribution is -0.142. The Morgan fingerprint density at radius 1 is 1.28 bits per heavy atom. The Balaban J connectivity index is 0. The molecule has 0 aromatic heterocycles. The van der Waals surface area contributed by atoms with Crippen molar-refractivity contribution in [1.29, 1.82) is 0 Å². The Morgan fingerprint density at radius 3 is 2.28 bits per heavy atom. The normalized spacial score (nSPS) is 16.8. The Morgan fingerprint density at radius 2 is 1.83 bits per heavy atom. The average Bonchev–Trinajstić information content (AvgIpc) is 3.15. The van der Waals surface area contributed by atoms with Crippen LogP contribution in [-0.2, 0) is 19.2 Å². The fourth-order valence-electron chi connectivity index (χ4n) is 2.67. The van der Waals surface area contributed by atoms with Crippen LogP contribution in [0, 0.1) is 5.92 Å². The molecule has 3 amide bonds. The van der Waals surface area contributed by atoms with E-state index in [-0.39, 0.29) is 24.8 Å². The molecule has 0 aromatic carbocycles. The molecule has 1 rings (SSSR count). The standard InChI is InChI=1S/C16H26N4O4.C2H7N.C2H6/c1-10(2)18-8-12(9-21)19-15(23)13-5-4-6-20(13)16(24)11(3)7-14(17)22;1-3-2;1-2/h9,11-13,18H,1,4-8H2,2-3H3,(H2,17,22)(H,19,23);3H,1-2H3;1-2H3.